The maximum atomic E-state index is 6.01. The second-order valence-electron chi connectivity index (χ2n) is 7.16. The van der Waals surface area contributed by atoms with Crippen LogP contribution in [-0.4, -0.2) is 51.3 Å². The van der Waals surface area contributed by atoms with Crippen LogP contribution in [0.15, 0.2) is 53.5 Å². The quantitative estimate of drug-likeness (QED) is 0.280. The Hall–Kier alpha value is -2.00. The molecule has 2 rings (SSSR count). The highest BCUT2D eigenvalue weighted by molar-refractivity contribution is 14.0. The molecule has 0 bridgehead atoms. The first-order valence-corrected chi connectivity index (χ1v) is 10.1. The van der Waals surface area contributed by atoms with Crippen LogP contribution in [0.3, 0.4) is 0 Å². The second-order valence-corrected chi connectivity index (χ2v) is 7.16. The molecule has 2 aromatic carbocycles. The summed E-state index contributed by atoms with van der Waals surface area (Å²) in [5, 5.41) is 6.67. The number of benzene rings is 2. The van der Waals surface area contributed by atoms with Crippen molar-refractivity contribution in [2.45, 2.75) is 33.0 Å². The molecule has 0 fully saturated rings. The minimum atomic E-state index is -0.0452. The third-order valence-corrected chi connectivity index (χ3v) is 4.31. The monoisotopic (exact) mass is 526 g/mol. The van der Waals surface area contributed by atoms with Crippen LogP contribution in [0.4, 0.5) is 0 Å². The molecule has 7 heteroatoms. The fraction of sp³-hybridized carbons (Fsp3) is 0.435. The standard InChI is InChI=1S/C23H34N4O2.HI/c1-6-24-23(26-16-19-11-7-8-12-20(19)17-27(3)4)25-15-18(2)29-22-14-10-9-13-21(22)28-5;/h7-14,18H,6,15-17H2,1-5H3,(H2,24,25,26);1H. The Morgan fingerprint density at radius 2 is 1.63 bits per heavy atom. The second kappa shape index (κ2) is 14.1. The van der Waals surface area contributed by atoms with Gasteiger partial charge in [-0.25, -0.2) is 4.99 Å². The number of aliphatic imine (C=N–C) groups is 1. The van der Waals surface area contributed by atoms with Gasteiger partial charge in [-0.1, -0.05) is 36.4 Å². The number of para-hydroxylation sites is 2. The summed E-state index contributed by atoms with van der Waals surface area (Å²) in [7, 11) is 5.80. The molecule has 0 aliphatic heterocycles. The molecule has 1 atom stereocenters. The van der Waals surface area contributed by atoms with E-state index in [4.69, 9.17) is 14.5 Å². The number of rotatable bonds is 10. The number of nitrogens with one attached hydrogen (secondary N) is 2. The van der Waals surface area contributed by atoms with Gasteiger partial charge in [0.25, 0.3) is 0 Å². The lowest BCUT2D eigenvalue weighted by atomic mass is 10.1. The molecule has 0 aromatic heterocycles. The van der Waals surface area contributed by atoms with E-state index in [0.717, 1.165) is 30.5 Å². The molecule has 0 radical (unpaired) electrons. The lowest BCUT2D eigenvalue weighted by Crippen LogP contribution is -2.41. The van der Waals surface area contributed by atoms with Crippen molar-refractivity contribution < 1.29 is 9.47 Å². The smallest absolute Gasteiger partial charge is 0.191 e. The molecule has 0 aliphatic carbocycles. The third-order valence-electron chi connectivity index (χ3n) is 4.31. The fourth-order valence-electron chi connectivity index (χ4n) is 2.93. The number of halogens is 1. The number of nitrogens with zero attached hydrogens (tertiary/aromatic N) is 2. The van der Waals surface area contributed by atoms with Crippen LogP contribution in [0.2, 0.25) is 0 Å². The molecule has 0 spiro atoms. The van der Waals surface area contributed by atoms with E-state index in [1.54, 1.807) is 7.11 Å². The van der Waals surface area contributed by atoms with Crippen LogP contribution >= 0.6 is 24.0 Å². The molecule has 0 saturated carbocycles. The van der Waals surface area contributed by atoms with Gasteiger partial charge in [0.1, 0.15) is 6.10 Å². The van der Waals surface area contributed by atoms with Crippen molar-refractivity contribution in [2.24, 2.45) is 4.99 Å². The summed E-state index contributed by atoms with van der Waals surface area (Å²) in [4.78, 5) is 6.93. The first-order valence-electron chi connectivity index (χ1n) is 10.1. The van der Waals surface area contributed by atoms with Gasteiger partial charge in [-0.15, -0.1) is 24.0 Å². The lowest BCUT2D eigenvalue weighted by molar-refractivity contribution is 0.213. The summed E-state index contributed by atoms with van der Waals surface area (Å²) in [5.41, 5.74) is 2.53. The lowest BCUT2D eigenvalue weighted by Gasteiger charge is -2.19. The van der Waals surface area contributed by atoms with E-state index in [-0.39, 0.29) is 30.1 Å². The Morgan fingerprint density at radius 3 is 2.27 bits per heavy atom. The predicted molar refractivity (Wildman–Crippen MR) is 135 cm³/mol. The highest BCUT2D eigenvalue weighted by atomic mass is 127. The normalized spacial score (nSPS) is 12.1. The van der Waals surface area contributed by atoms with Crippen LogP contribution in [0, 0.1) is 0 Å². The number of methoxy groups -OCH3 is 1. The maximum absolute atomic E-state index is 6.01. The van der Waals surface area contributed by atoms with Crippen molar-refractivity contribution in [1.29, 1.82) is 0 Å². The van der Waals surface area contributed by atoms with Gasteiger partial charge in [0.05, 0.1) is 20.2 Å². The van der Waals surface area contributed by atoms with Crippen LogP contribution < -0.4 is 20.1 Å². The van der Waals surface area contributed by atoms with E-state index >= 15 is 0 Å². The van der Waals surface area contributed by atoms with E-state index in [9.17, 15) is 0 Å². The van der Waals surface area contributed by atoms with Gasteiger partial charge in [-0.3, -0.25) is 0 Å². The molecule has 166 valence electrons. The van der Waals surface area contributed by atoms with Crippen molar-refractivity contribution in [3.05, 3.63) is 59.7 Å². The average Bonchev–Trinajstić information content (AvgIpc) is 2.71. The van der Waals surface area contributed by atoms with Crippen LogP contribution in [-0.2, 0) is 13.1 Å². The van der Waals surface area contributed by atoms with E-state index in [0.29, 0.717) is 13.1 Å². The van der Waals surface area contributed by atoms with Gasteiger partial charge in [-0.2, -0.15) is 0 Å². The molecular weight excluding hydrogens is 491 g/mol. The van der Waals surface area contributed by atoms with Gasteiger partial charge in [-0.05, 0) is 51.2 Å². The van der Waals surface area contributed by atoms with Crippen molar-refractivity contribution in [3.8, 4) is 11.5 Å². The van der Waals surface area contributed by atoms with Gasteiger partial charge >= 0.3 is 0 Å². The summed E-state index contributed by atoms with van der Waals surface area (Å²) in [6.45, 7) is 7.04. The number of guanidine groups is 1. The van der Waals surface area contributed by atoms with Crippen molar-refractivity contribution >= 4 is 29.9 Å². The van der Waals surface area contributed by atoms with Crippen LogP contribution in [0.1, 0.15) is 25.0 Å². The Morgan fingerprint density at radius 1 is 1.00 bits per heavy atom. The predicted octanol–water partition coefficient (Wildman–Crippen LogP) is 3.90. The molecular formula is C23H35IN4O2. The first-order chi connectivity index (χ1) is 14.0. The molecule has 1 unspecified atom stereocenters. The SMILES string of the molecule is CCNC(=NCc1ccccc1CN(C)C)NCC(C)Oc1ccccc1OC.I. The summed E-state index contributed by atoms with van der Waals surface area (Å²) in [6.07, 6.45) is -0.0452. The Labute approximate surface area is 198 Å². The molecule has 2 aromatic rings. The minimum absolute atomic E-state index is 0. The summed E-state index contributed by atoms with van der Waals surface area (Å²) in [5.74, 6) is 2.25. The molecule has 6 nitrogen and oxygen atoms in total. The fourth-order valence-corrected chi connectivity index (χ4v) is 2.93. The average molecular weight is 526 g/mol. The number of hydrogen-bond acceptors (Lipinski definition) is 4. The Bertz CT molecular complexity index is 783. The zero-order valence-electron chi connectivity index (χ0n) is 18.6. The maximum Gasteiger partial charge on any atom is 0.191 e. The van der Waals surface area contributed by atoms with Crippen molar-refractivity contribution in [3.63, 3.8) is 0 Å². The molecule has 2 N–H and O–H groups in total. The first kappa shape index (κ1) is 26.0. The number of hydrogen-bond donors (Lipinski definition) is 2. The van der Waals surface area contributed by atoms with Gasteiger partial charge in [0, 0.05) is 13.1 Å². The highest BCUT2D eigenvalue weighted by Crippen LogP contribution is 2.26. The largest absolute Gasteiger partial charge is 0.493 e. The minimum Gasteiger partial charge on any atom is -0.493 e. The van der Waals surface area contributed by atoms with E-state index < -0.39 is 0 Å². The van der Waals surface area contributed by atoms with Crippen LogP contribution in [0.25, 0.3) is 0 Å². The molecule has 0 aliphatic rings. The Kier molecular flexibility index (Phi) is 12.2. The van der Waals surface area contributed by atoms with Crippen molar-refractivity contribution in [1.82, 2.24) is 15.5 Å². The van der Waals surface area contributed by atoms with E-state index in [2.05, 4.69) is 60.8 Å². The zero-order chi connectivity index (χ0) is 21.1. The molecule has 0 amide bonds. The van der Waals surface area contributed by atoms with E-state index in [1.165, 1.54) is 11.1 Å². The van der Waals surface area contributed by atoms with Gasteiger partial charge < -0.3 is 25.0 Å². The summed E-state index contributed by atoms with van der Waals surface area (Å²) < 4.78 is 11.4. The summed E-state index contributed by atoms with van der Waals surface area (Å²) >= 11 is 0. The zero-order valence-corrected chi connectivity index (χ0v) is 21.0. The van der Waals surface area contributed by atoms with Crippen LogP contribution in [0.5, 0.6) is 11.5 Å². The van der Waals surface area contributed by atoms with Crippen molar-refractivity contribution in [2.75, 3.05) is 34.3 Å². The number of ether oxygens (including phenoxy) is 2. The Balaban J connectivity index is 0.00000450. The molecule has 30 heavy (non-hydrogen) atoms. The molecule has 0 saturated heterocycles. The van der Waals surface area contributed by atoms with Gasteiger partial charge in [0.2, 0.25) is 0 Å². The van der Waals surface area contributed by atoms with Gasteiger partial charge in [0.15, 0.2) is 17.5 Å². The highest BCUT2D eigenvalue weighted by Gasteiger charge is 2.10. The van der Waals surface area contributed by atoms with E-state index in [1.807, 2.05) is 31.2 Å². The molecule has 0 heterocycles. The topological polar surface area (TPSA) is 58.1 Å². The third kappa shape index (κ3) is 8.79. The summed E-state index contributed by atoms with van der Waals surface area (Å²) in [6, 6.07) is 16.1.